The van der Waals surface area contributed by atoms with Gasteiger partial charge in [-0.25, -0.2) is 4.39 Å². The van der Waals surface area contributed by atoms with E-state index in [9.17, 15) is 9.50 Å². The number of hydrogen-bond donors (Lipinski definition) is 1. The third kappa shape index (κ3) is 3.51. The lowest BCUT2D eigenvalue weighted by Crippen LogP contribution is -2.29. The van der Waals surface area contributed by atoms with E-state index in [-0.39, 0.29) is 11.7 Å². The quantitative estimate of drug-likeness (QED) is 0.909. The van der Waals surface area contributed by atoms with Crippen molar-refractivity contribution in [2.75, 3.05) is 19.6 Å². The Labute approximate surface area is 114 Å². The lowest BCUT2D eigenvalue weighted by Gasteiger charge is -2.24. The number of hydrogen-bond acceptors (Lipinski definition) is 3. The molecule has 0 aliphatic carbocycles. The molecule has 1 aliphatic heterocycles. The molecule has 4 heteroatoms. The Balaban J connectivity index is 1.92. The van der Waals surface area contributed by atoms with E-state index in [4.69, 9.17) is 0 Å². The van der Waals surface area contributed by atoms with E-state index >= 15 is 0 Å². The molecule has 4 atom stereocenters. The highest BCUT2D eigenvalue weighted by Crippen LogP contribution is 2.26. The van der Waals surface area contributed by atoms with Crippen molar-refractivity contribution in [3.05, 3.63) is 29.8 Å². The summed E-state index contributed by atoms with van der Waals surface area (Å²) in [6.07, 6.45) is 0.525. The van der Waals surface area contributed by atoms with Crippen molar-refractivity contribution >= 4 is 0 Å². The maximum atomic E-state index is 12.8. The van der Waals surface area contributed by atoms with Crippen molar-refractivity contribution in [2.45, 2.75) is 26.9 Å². The first kappa shape index (κ1) is 14.4. The molecule has 0 amide bonds. The molecule has 1 N–H and O–H groups in total. The zero-order valence-corrected chi connectivity index (χ0v) is 11.9. The second kappa shape index (κ2) is 5.97. The predicted octanol–water partition coefficient (Wildman–Crippen LogP) is 2.48. The van der Waals surface area contributed by atoms with E-state index < -0.39 is 6.10 Å². The molecule has 2 rings (SSSR count). The summed E-state index contributed by atoms with van der Waals surface area (Å²) in [7, 11) is 0. The van der Waals surface area contributed by atoms with E-state index in [2.05, 4.69) is 23.7 Å². The molecule has 2 heterocycles. The van der Waals surface area contributed by atoms with Crippen molar-refractivity contribution in [3.8, 4) is 0 Å². The van der Waals surface area contributed by atoms with Crippen LogP contribution < -0.4 is 0 Å². The highest BCUT2D eigenvalue weighted by molar-refractivity contribution is 5.09. The summed E-state index contributed by atoms with van der Waals surface area (Å²) in [6.45, 7) is 9.60. The lowest BCUT2D eigenvalue weighted by atomic mass is 10.0. The molecule has 0 saturated carbocycles. The highest BCUT2D eigenvalue weighted by atomic mass is 19.1. The van der Waals surface area contributed by atoms with Crippen LogP contribution in [0.25, 0.3) is 0 Å². The summed E-state index contributed by atoms with van der Waals surface area (Å²) >= 11 is 0. The van der Waals surface area contributed by atoms with Crippen LogP contribution in [0, 0.1) is 23.6 Å². The standard InChI is InChI=1S/C15H23FN2O/c1-10-7-18(8-11(10)2)9-12(3)15(19)14-5-4-13(16)6-17-14/h4-6,10-12,15,19H,7-9H2,1-3H3. The zero-order chi connectivity index (χ0) is 14.0. The Hall–Kier alpha value is -1.00. The van der Waals surface area contributed by atoms with Crippen LogP contribution in [-0.2, 0) is 0 Å². The summed E-state index contributed by atoms with van der Waals surface area (Å²) in [6, 6.07) is 2.91. The smallest absolute Gasteiger partial charge is 0.141 e. The fourth-order valence-electron chi connectivity index (χ4n) is 2.76. The van der Waals surface area contributed by atoms with Crippen LogP contribution in [0.5, 0.6) is 0 Å². The van der Waals surface area contributed by atoms with Crippen LogP contribution in [0.4, 0.5) is 4.39 Å². The van der Waals surface area contributed by atoms with Crippen molar-refractivity contribution < 1.29 is 9.50 Å². The first-order chi connectivity index (χ1) is 8.97. The van der Waals surface area contributed by atoms with Gasteiger partial charge in [-0.05, 0) is 24.0 Å². The molecular weight excluding hydrogens is 243 g/mol. The summed E-state index contributed by atoms with van der Waals surface area (Å²) in [4.78, 5) is 6.36. The molecule has 1 aromatic heterocycles. The van der Waals surface area contributed by atoms with Gasteiger partial charge in [-0.2, -0.15) is 0 Å². The molecule has 1 aromatic rings. The van der Waals surface area contributed by atoms with Crippen LogP contribution >= 0.6 is 0 Å². The minimum atomic E-state index is -0.633. The number of likely N-dealkylation sites (tertiary alicyclic amines) is 1. The maximum absolute atomic E-state index is 12.8. The number of pyridine rings is 1. The van der Waals surface area contributed by atoms with Gasteiger partial charge in [0.05, 0.1) is 18.0 Å². The average molecular weight is 266 g/mol. The monoisotopic (exact) mass is 266 g/mol. The second-order valence-electron chi connectivity index (χ2n) is 6.00. The van der Waals surface area contributed by atoms with Crippen LogP contribution in [0.3, 0.4) is 0 Å². The Morgan fingerprint density at radius 3 is 2.53 bits per heavy atom. The number of aliphatic hydroxyl groups is 1. The fourth-order valence-corrected chi connectivity index (χ4v) is 2.76. The summed E-state index contributed by atoms with van der Waals surface area (Å²) in [5, 5.41) is 10.3. The van der Waals surface area contributed by atoms with Gasteiger partial charge in [-0.1, -0.05) is 20.8 Å². The molecule has 0 radical (unpaired) electrons. The minimum Gasteiger partial charge on any atom is -0.386 e. The average Bonchev–Trinajstić information content (AvgIpc) is 2.68. The topological polar surface area (TPSA) is 36.4 Å². The highest BCUT2D eigenvalue weighted by Gasteiger charge is 2.28. The molecule has 1 aliphatic rings. The van der Waals surface area contributed by atoms with Gasteiger partial charge in [-0.15, -0.1) is 0 Å². The van der Waals surface area contributed by atoms with Crippen molar-refractivity contribution in [1.29, 1.82) is 0 Å². The normalized spacial score (nSPS) is 27.4. The largest absolute Gasteiger partial charge is 0.386 e. The van der Waals surface area contributed by atoms with Crippen molar-refractivity contribution in [1.82, 2.24) is 9.88 Å². The number of aliphatic hydroxyl groups excluding tert-OH is 1. The Morgan fingerprint density at radius 1 is 1.37 bits per heavy atom. The van der Waals surface area contributed by atoms with Gasteiger partial charge in [-0.3, -0.25) is 4.98 Å². The predicted molar refractivity (Wildman–Crippen MR) is 73.1 cm³/mol. The first-order valence-electron chi connectivity index (χ1n) is 6.99. The third-order valence-electron chi connectivity index (χ3n) is 4.20. The Kier molecular flexibility index (Phi) is 4.53. The molecule has 4 unspecified atom stereocenters. The van der Waals surface area contributed by atoms with Gasteiger partial charge < -0.3 is 10.0 Å². The summed E-state index contributed by atoms with van der Waals surface area (Å²) < 4.78 is 12.8. The lowest BCUT2D eigenvalue weighted by molar-refractivity contribution is 0.0896. The zero-order valence-electron chi connectivity index (χ0n) is 11.9. The van der Waals surface area contributed by atoms with E-state index in [0.717, 1.165) is 25.8 Å². The van der Waals surface area contributed by atoms with E-state index in [1.165, 1.54) is 6.07 Å². The van der Waals surface area contributed by atoms with Crippen molar-refractivity contribution in [3.63, 3.8) is 0 Å². The summed E-state index contributed by atoms with van der Waals surface area (Å²) in [5.41, 5.74) is 0.550. The van der Waals surface area contributed by atoms with Gasteiger partial charge in [0.1, 0.15) is 5.82 Å². The van der Waals surface area contributed by atoms with Crippen molar-refractivity contribution in [2.24, 2.45) is 17.8 Å². The SMILES string of the molecule is CC1CN(CC(C)C(O)c2ccc(F)cn2)CC1C. The Morgan fingerprint density at radius 2 is 2.00 bits per heavy atom. The summed E-state index contributed by atoms with van der Waals surface area (Å²) in [5.74, 6) is 1.16. The van der Waals surface area contributed by atoms with Crippen LogP contribution in [0.1, 0.15) is 32.6 Å². The van der Waals surface area contributed by atoms with Gasteiger partial charge in [0, 0.05) is 25.6 Å². The van der Waals surface area contributed by atoms with Gasteiger partial charge in [0.2, 0.25) is 0 Å². The molecule has 0 bridgehead atoms. The molecule has 106 valence electrons. The molecule has 1 saturated heterocycles. The molecule has 19 heavy (non-hydrogen) atoms. The van der Waals surface area contributed by atoms with E-state index in [0.29, 0.717) is 17.5 Å². The van der Waals surface area contributed by atoms with Gasteiger partial charge in [0.15, 0.2) is 0 Å². The number of nitrogens with zero attached hydrogens (tertiary/aromatic N) is 2. The number of aromatic nitrogens is 1. The first-order valence-corrected chi connectivity index (χ1v) is 6.99. The molecule has 3 nitrogen and oxygen atoms in total. The molecule has 0 aromatic carbocycles. The maximum Gasteiger partial charge on any atom is 0.141 e. The number of halogens is 1. The number of rotatable bonds is 4. The van der Waals surface area contributed by atoms with Crippen LogP contribution in [0.15, 0.2) is 18.3 Å². The van der Waals surface area contributed by atoms with Gasteiger partial charge in [0.25, 0.3) is 0 Å². The van der Waals surface area contributed by atoms with Crippen LogP contribution in [-0.4, -0.2) is 34.6 Å². The fraction of sp³-hybridized carbons (Fsp3) is 0.667. The molecular formula is C15H23FN2O. The Bertz CT molecular complexity index is 399. The van der Waals surface area contributed by atoms with Gasteiger partial charge >= 0.3 is 0 Å². The molecule has 1 fully saturated rings. The van der Waals surface area contributed by atoms with E-state index in [1.54, 1.807) is 6.07 Å². The minimum absolute atomic E-state index is 0.0930. The van der Waals surface area contributed by atoms with E-state index in [1.807, 2.05) is 6.92 Å². The van der Waals surface area contributed by atoms with Crippen LogP contribution in [0.2, 0.25) is 0 Å². The molecule has 0 spiro atoms. The second-order valence-corrected chi connectivity index (χ2v) is 6.00. The third-order valence-corrected chi connectivity index (χ3v) is 4.20.